The van der Waals surface area contributed by atoms with Crippen LogP contribution in [0.15, 0.2) is 6.07 Å². The molecule has 21 heavy (non-hydrogen) atoms. The van der Waals surface area contributed by atoms with Crippen LogP contribution >= 0.6 is 0 Å². The first-order valence-electron chi connectivity index (χ1n) is 6.77. The van der Waals surface area contributed by atoms with Gasteiger partial charge in [-0.05, 0) is 25.7 Å². The molecule has 0 amide bonds. The van der Waals surface area contributed by atoms with E-state index in [-0.39, 0.29) is 17.9 Å². The van der Waals surface area contributed by atoms with Gasteiger partial charge < -0.3 is 10.1 Å². The largest absolute Gasteiger partial charge is 0.433 e. The highest BCUT2D eigenvalue weighted by Gasteiger charge is 2.33. The Bertz CT molecular complexity index is 463. The molecule has 1 atom stereocenters. The van der Waals surface area contributed by atoms with Crippen molar-refractivity contribution >= 4 is 11.8 Å². The summed E-state index contributed by atoms with van der Waals surface area (Å²) in [5, 5.41) is 2.85. The summed E-state index contributed by atoms with van der Waals surface area (Å²) in [7, 11) is 0. The summed E-state index contributed by atoms with van der Waals surface area (Å²) in [5.41, 5.74) is 0.993. The molecule has 6 nitrogen and oxygen atoms in total. The highest BCUT2D eigenvalue weighted by molar-refractivity contribution is 5.42. The number of nitrogens with two attached hydrogens (primary N) is 1. The molecule has 0 spiro atoms. The molecular formula is C12H18F3N5O. The second-order valence-corrected chi connectivity index (χ2v) is 4.81. The van der Waals surface area contributed by atoms with E-state index in [1.165, 1.54) is 0 Å². The molecular weight excluding hydrogens is 287 g/mol. The lowest BCUT2D eigenvalue weighted by Crippen LogP contribution is -2.22. The van der Waals surface area contributed by atoms with Crippen LogP contribution in [-0.4, -0.2) is 29.2 Å². The molecule has 1 aliphatic heterocycles. The van der Waals surface area contributed by atoms with E-state index < -0.39 is 11.9 Å². The first-order valence-corrected chi connectivity index (χ1v) is 6.77. The summed E-state index contributed by atoms with van der Waals surface area (Å²) < 4.78 is 43.6. The molecule has 0 saturated carbocycles. The second kappa shape index (κ2) is 6.90. The second-order valence-electron chi connectivity index (χ2n) is 4.81. The third-order valence-corrected chi connectivity index (χ3v) is 3.19. The number of hydrogen-bond acceptors (Lipinski definition) is 6. The van der Waals surface area contributed by atoms with E-state index in [1.54, 1.807) is 0 Å². The molecule has 0 aromatic carbocycles. The van der Waals surface area contributed by atoms with E-state index in [1.807, 2.05) is 5.43 Å². The summed E-state index contributed by atoms with van der Waals surface area (Å²) in [6.07, 6.45) is -0.501. The third-order valence-electron chi connectivity index (χ3n) is 3.19. The molecule has 1 aromatic rings. The monoisotopic (exact) mass is 305 g/mol. The molecule has 1 saturated heterocycles. The number of alkyl halides is 3. The van der Waals surface area contributed by atoms with Crippen molar-refractivity contribution in [2.75, 3.05) is 23.9 Å². The Kier molecular flexibility index (Phi) is 5.18. The summed E-state index contributed by atoms with van der Waals surface area (Å²) in [5.74, 6) is 4.89. The van der Waals surface area contributed by atoms with Gasteiger partial charge in [-0.15, -0.1) is 0 Å². The van der Waals surface area contributed by atoms with Gasteiger partial charge in [-0.1, -0.05) is 0 Å². The van der Waals surface area contributed by atoms with E-state index in [2.05, 4.69) is 15.3 Å². The number of anilines is 2. The van der Waals surface area contributed by atoms with Gasteiger partial charge in [0.25, 0.3) is 0 Å². The first kappa shape index (κ1) is 15.8. The standard InChI is InChI=1S/C12H18F3N5O/c13-12(14,15)9-7-10(19-11(18-9)20-16)17-5-4-8-3-1-2-6-21-8/h7-8H,1-6,16H2,(H2,17,18,19,20). The van der Waals surface area contributed by atoms with Crippen LogP contribution in [-0.2, 0) is 10.9 Å². The zero-order chi connectivity index (χ0) is 15.3. The number of hydrazine groups is 1. The lowest BCUT2D eigenvalue weighted by molar-refractivity contribution is -0.141. The summed E-state index contributed by atoms with van der Waals surface area (Å²) in [6.45, 7) is 1.22. The average Bonchev–Trinajstić information content (AvgIpc) is 2.47. The molecule has 118 valence electrons. The predicted octanol–water partition coefficient (Wildman–Crippen LogP) is 2.15. The molecule has 0 aliphatic carbocycles. The Morgan fingerprint density at radius 2 is 2.14 bits per heavy atom. The average molecular weight is 305 g/mol. The molecule has 1 unspecified atom stereocenters. The van der Waals surface area contributed by atoms with Gasteiger partial charge in [0.2, 0.25) is 5.95 Å². The van der Waals surface area contributed by atoms with Crippen LogP contribution in [0.25, 0.3) is 0 Å². The van der Waals surface area contributed by atoms with Crippen molar-refractivity contribution in [3.8, 4) is 0 Å². The fraction of sp³-hybridized carbons (Fsp3) is 0.667. The fourth-order valence-electron chi connectivity index (χ4n) is 2.14. The lowest BCUT2D eigenvalue weighted by Gasteiger charge is -2.22. The quantitative estimate of drug-likeness (QED) is 0.571. The Hall–Kier alpha value is -1.61. The third kappa shape index (κ3) is 4.71. The van der Waals surface area contributed by atoms with Crippen LogP contribution in [0.2, 0.25) is 0 Å². The number of nitrogen functional groups attached to an aromatic ring is 1. The molecule has 0 radical (unpaired) electrons. The number of ether oxygens (including phenoxy) is 1. The number of rotatable bonds is 5. The molecule has 0 bridgehead atoms. The minimum Gasteiger partial charge on any atom is -0.378 e. The van der Waals surface area contributed by atoms with Crippen molar-refractivity contribution < 1.29 is 17.9 Å². The van der Waals surface area contributed by atoms with Gasteiger partial charge in [0.05, 0.1) is 6.10 Å². The van der Waals surface area contributed by atoms with Gasteiger partial charge in [-0.3, -0.25) is 5.43 Å². The number of hydrogen-bond donors (Lipinski definition) is 3. The first-order chi connectivity index (χ1) is 9.99. The molecule has 1 aromatic heterocycles. The molecule has 2 rings (SSSR count). The van der Waals surface area contributed by atoms with Crippen molar-refractivity contribution in [2.45, 2.75) is 38.0 Å². The maximum absolute atomic E-state index is 12.7. The fourth-order valence-corrected chi connectivity index (χ4v) is 2.14. The Morgan fingerprint density at radius 1 is 1.33 bits per heavy atom. The molecule has 2 heterocycles. The topological polar surface area (TPSA) is 85.1 Å². The zero-order valence-corrected chi connectivity index (χ0v) is 11.4. The van der Waals surface area contributed by atoms with Gasteiger partial charge >= 0.3 is 6.18 Å². The van der Waals surface area contributed by atoms with Crippen LogP contribution in [0.3, 0.4) is 0 Å². The SMILES string of the molecule is NNc1nc(NCCC2CCCCO2)cc(C(F)(F)F)n1. The van der Waals surface area contributed by atoms with Crippen LogP contribution in [0.1, 0.15) is 31.4 Å². The Balaban J connectivity index is 1.95. The van der Waals surface area contributed by atoms with Gasteiger partial charge in [0.15, 0.2) is 5.69 Å². The van der Waals surface area contributed by atoms with E-state index >= 15 is 0 Å². The van der Waals surface area contributed by atoms with E-state index in [4.69, 9.17) is 10.6 Å². The van der Waals surface area contributed by atoms with Crippen molar-refractivity contribution in [1.29, 1.82) is 0 Å². The van der Waals surface area contributed by atoms with E-state index in [0.717, 1.165) is 38.4 Å². The molecule has 4 N–H and O–H groups in total. The Morgan fingerprint density at radius 3 is 2.76 bits per heavy atom. The normalized spacial score (nSPS) is 19.3. The molecule has 1 aliphatic rings. The highest BCUT2D eigenvalue weighted by atomic mass is 19.4. The van der Waals surface area contributed by atoms with Gasteiger partial charge in [-0.25, -0.2) is 10.8 Å². The van der Waals surface area contributed by atoms with E-state index in [9.17, 15) is 13.2 Å². The van der Waals surface area contributed by atoms with Crippen LogP contribution in [0, 0.1) is 0 Å². The molecule has 9 heteroatoms. The maximum Gasteiger partial charge on any atom is 0.433 e. The highest BCUT2D eigenvalue weighted by Crippen LogP contribution is 2.29. The van der Waals surface area contributed by atoms with Gasteiger partial charge in [0, 0.05) is 19.2 Å². The van der Waals surface area contributed by atoms with Crippen molar-refractivity contribution in [3.63, 3.8) is 0 Å². The number of nitrogens with zero attached hydrogens (tertiary/aromatic N) is 2. The van der Waals surface area contributed by atoms with Crippen molar-refractivity contribution in [3.05, 3.63) is 11.8 Å². The zero-order valence-electron chi connectivity index (χ0n) is 11.4. The predicted molar refractivity (Wildman–Crippen MR) is 71.5 cm³/mol. The van der Waals surface area contributed by atoms with E-state index in [0.29, 0.717) is 6.54 Å². The number of halogens is 3. The Labute approximate surface area is 120 Å². The maximum atomic E-state index is 12.7. The smallest absolute Gasteiger partial charge is 0.378 e. The van der Waals surface area contributed by atoms with Crippen LogP contribution in [0.5, 0.6) is 0 Å². The van der Waals surface area contributed by atoms with Crippen molar-refractivity contribution in [2.24, 2.45) is 5.84 Å². The lowest BCUT2D eigenvalue weighted by atomic mass is 10.1. The number of aromatic nitrogens is 2. The summed E-state index contributed by atoms with van der Waals surface area (Å²) in [4.78, 5) is 7.13. The van der Waals surface area contributed by atoms with Gasteiger partial charge in [0.1, 0.15) is 5.82 Å². The summed E-state index contributed by atoms with van der Waals surface area (Å²) in [6, 6.07) is 0.864. The minimum atomic E-state index is -4.54. The van der Waals surface area contributed by atoms with Crippen molar-refractivity contribution in [1.82, 2.24) is 9.97 Å². The number of nitrogens with one attached hydrogen (secondary N) is 2. The van der Waals surface area contributed by atoms with Crippen LogP contribution in [0.4, 0.5) is 24.9 Å². The molecule has 1 fully saturated rings. The minimum absolute atomic E-state index is 0.0843. The summed E-state index contributed by atoms with van der Waals surface area (Å²) >= 11 is 0. The van der Waals surface area contributed by atoms with Gasteiger partial charge in [-0.2, -0.15) is 18.2 Å². The van der Waals surface area contributed by atoms with Crippen LogP contribution < -0.4 is 16.6 Å².